The van der Waals surface area contributed by atoms with Crippen molar-refractivity contribution in [2.45, 2.75) is 39.2 Å². The fourth-order valence-corrected chi connectivity index (χ4v) is 1.97. The summed E-state index contributed by atoms with van der Waals surface area (Å²) >= 11 is 0. The number of aliphatic hydroxyl groups excluding tert-OH is 1. The first-order chi connectivity index (χ1) is 8.79. The van der Waals surface area contributed by atoms with E-state index in [1.54, 1.807) is 0 Å². The molecular weight excluding hydrogens is 226 g/mol. The van der Waals surface area contributed by atoms with E-state index in [2.05, 4.69) is 18.3 Å². The zero-order valence-electron chi connectivity index (χ0n) is 11.5. The van der Waals surface area contributed by atoms with Gasteiger partial charge in [0.2, 0.25) is 0 Å². The first-order valence-electron chi connectivity index (χ1n) is 6.85. The molecule has 0 radical (unpaired) electrons. The molecule has 0 saturated heterocycles. The maximum absolute atomic E-state index is 8.71. The molecule has 0 spiro atoms. The van der Waals surface area contributed by atoms with Crippen molar-refractivity contribution in [1.29, 1.82) is 0 Å². The van der Waals surface area contributed by atoms with E-state index in [1.165, 1.54) is 5.56 Å². The van der Waals surface area contributed by atoms with E-state index in [-0.39, 0.29) is 0 Å². The van der Waals surface area contributed by atoms with E-state index in [1.807, 2.05) is 25.1 Å². The molecule has 0 aromatic heterocycles. The summed E-state index contributed by atoms with van der Waals surface area (Å²) in [5.74, 6) is 0.968. The quantitative estimate of drug-likeness (QED) is 0.663. The van der Waals surface area contributed by atoms with Gasteiger partial charge in [-0.25, -0.2) is 0 Å². The predicted molar refractivity (Wildman–Crippen MR) is 75.0 cm³/mol. The van der Waals surface area contributed by atoms with Gasteiger partial charge in [0.1, 0.15) is 5.75 Å². The molecule has 18 heavy (non-hydrogen) atoms. The summed E-state index contributed by atoms with van der Waals surface area (Å²) in [6.45, 7) is 6.12. The van der Waals surface area contributed by atoms with Gasteiger partial charge in [0.15, 0.2) is 0 Å². The third-order valence-electron chi connectivity index (χ3n) is 2.97. The minimum Gasteiger partial charge on any atom is -0.494 e. The zero-order chi connectivity index (χ0) is 13.2. The highest BCUT2D eigenvalue weighted by atomic mass is 16.5. The maximum atomic E-state index is 8.71. The SMILES string of the molecule is CCOc1ccccc1C(C)NCCCCCO. The van der Waals surface area contributed by atoms with Crippen LogP contribution in [0.5, 0.6) is 5.75 Å². The summed E-state index contributed by atoms with van der Waals surface area (Å²) in [6.07, 6.45) is 3.07. The first-order valence-corrected chi connectivity index (χ1v) is 6.85. The molecule has 3 heteroatoms. The Bertz CT molecular complexity index is 328. The molecule has 1 rings (SSSR count). The summed E-state index contributed by atoms with van der Waals surface area (Å²) < 4.78 is 5.63. The summed E-state index contributed by atoms with van der Waals surface area (Å²) in [5.41, 5.74) is 1.21. The van der Waals surface area contributed by atoms with Gasteiger partial charge < -0.3 is 15.2 Å². The molecule has 0 fully saturated rings. The summed E-state index contributed by atoms with van der Waals surface area (Å²) in [4.78, 5) is 0. The molecule has 0 aliphatic carbocycles. The molecule has 0 aliphatic heterocycles. The van der Waals surface area contributed by atoms with Crippen molar-refractivity contribution in [3.63, 3.8) is 0 Å². The van der Waals surface area contributed by atoms with Gasteiger partial charge in [0.25, 0.3) is 0 Å². The third kappa shape index (κ3) is 5.07. The number of benzene rings is 1. The lowest BCUT2D eigenvalue weighted by atomic mass is 10.1. The van der Waals surface area contributed by atoms with E-state index in [4.69, 9.17) is 9.84 Å². The Morgan fingerprint density at radius 1 is 1.22 bits per heavy atom. The number of rotatable bonds is 9. The van der Waals surface area contributed by atoms with E-state index in [0.717, 1.165) is 31.6 Å². The van der Waals surface area contributed by atoms with Gasteiger partial charge >= 0.3 is 0 Å². The molecule has 1 aromatic carbocycles. The highest BCUT2D eigenvalue weighted by Gasteiger charge is 2.09. The van der Waals surface area contributed by atoms with Gasteiger partial charge in [0, 0.05) is 18.2 Å². The Kier molecular flexibility index (Phi) is 7.46. The fourth-order valence-electron chi connectivity index (χ4n) is 1.97. The van der Waals surface area contributed by atoms with Gasteiger partial charge in [-0.05, 0) is 45.7 Å². The lowest BCUT2D eigenvalue weighted by molar-refractivity contribution is 0.282. The highest BCUT2D eigenvalue weighted by Crippen LogP contribution is 2.24. The molecule has 1 atom stereocenters. The number of para-hydroxylation sites is 1. The standard InChI is InChI=1S/C15H25NO2/c1-3-18-15-10-6-5-9-14(15)13(2)16-11-7-4-8-12-17/h5-6,9-10,13,16-17H,3-4,7-8,11-12H2,1-2H3. The molecule has 0 heterocycles. The van der Waals surface area contributed by atoms with Crippen molar-refractivity contribution in [2.75, 3.05) is 19.8 Å². The Hall–Kier alpha value is -1.06. The molecule has 0 bridgehead atoms. The van der Waals surface area contributed by atoms with E-state index in [0.29, 0.717) is 19.3 Å². The molecule has 1 unspecified atom stereocenters. The van der Waals surface area contributed by atoms with Crippen LogP contribution >= 0.6 is 0 Å². The van der Waals surface area contributed by atoms with Crippen LogP contribution in [0.25, 0.3) is 0 Å². The minimum absolute atomic E-state index is 0.293. The van der Waals surface area contributed by atoms with Crippen LogP contribution in [0, 0.1) is 0 Å². The summed E-state index contributed by atoms with van der Waals surface area (Å²) in [6, 6.07) is 8.46. The molecule has 0 saturated carbocycles. The average molecular weight is 251 g/mol. The zero-order valence-corrected chi connectivity index (χ0v) is 11.5. The number of nitrogens with one attached hydrogen (secondary N) is 1. The van der Waals surface area contributed by atoms with Gasteiger partial charge in [-0.1, -0.05) is 18.2 Å². The second-order valence-corrected chi connectivity index (χ2v) is 4.43. The van der Waals surface area contributed by atoms with E-state index < -0.39 is 0 Å². The molecular formula is C15H25NO2. The van der Waals surface area contributed by atoms with Crippen LogP contribution in [0.2, 0.25) is 0 Å². The van der Waals surface area contributed by atoms with Crippen molar-refractivity contribution in [3.8, 4) is 5.75 Å². The van der Waals surface area contributed by atoms with Crippen LogP contribution in [0.4, 0.5) is 0 Å². The summed E-state index contributed by atoms with van der Waals surface area (Å²) in [5, 5.41) is 12.2. The monoisotopic (exact) mass is 251 g/mol. The van der Waals surface area contributed by atoms with Gasteiger partial charge in [-0.3, -0.25) is 0 Å². The Morgan fingerprint density at radius 2 is 2.00 bits per heavy atom. The number of ether oxygens (including phenoxy) is 1. The second kappa shape index (κ2) is 8.95. The average Bonchev–Trinajstić information content (AvgIpc) is 2.39. The van der Waals surface area contributed by atoms with Crippen molar-refractivity contribution < 1.29 is 9.84 Å². The molecule has 2 N–H and O–H groups in total. The molecule has 102 valence electrons. The first kappa shape index (κ1) is 15.0. The normalized spacial score (nSPS) is 12.4. The number of aliphatic hydroxyl groups is 1. The number of hydrogen-bond acceptors (Lipinski definition) is 3. The highest BCUT2D eigenvalue weighted by molar-refractivity contribution is 5.35. The van der Waals surface area contributed by atoms with Gasteiger partial charge in [0.05, 0.1) is 6.61 Å². The minimum atomic E-state index is 0.293. The molecule has 1 aromatic rings. The predicted octanol–water partition coefficient (Wildman–Crippen LogP) is 2.90. The van der Waals surface area contributed by atoms with Gasteiger partial charge in [-0.2, -0.15) is 0 Å². The molecule has 0 amide bonds. The van der Waals surface area contributed by atoms with Crippen LogP contribution in [0.15, 0.2) is 24.3 Å². The number of unbranched alkanes of at least 4 members (excludes halogenated alkanes) is 2. The van der Waals surface area contributed by atoms with Crippen molar-refractivity contribution in [3.05, 3.63) is 29.8 Å². The molecule has 3 nitrogen and oxygen atoms in total. The smallest absolute Gasteiger partial charge is 0.124 e. The van der Waals surface area contributed by atoms with Crippen LogP contribution in [-0.4, -0.2) is 24.9 Å². The Balaban J connectivity index is 2.42. The van der Waals surface area contributed by atoms with Crippen molar-refractivity contribution in [1.82, 2.24) is 5.32 Å². The second-order valence-electron chi connectivity index (χ2n) is 4.43. The fraction of sp³-hybridized carbons (Fsp3) is 0.600. The summed E-state index contributed by atoms with van der Waals surface area (Å²) in [7, 11) is 0. The van der Waals surface area contributed by atoms with Crippen LogP contribution < -0.4 is 10.1 Å². The van der Waals surface area contributed by atoms with Crippen LogP contribution in [0.1, 0.15) is 44.7 Å². The maximum Gasteiger partial charge on any atom is 0.124 e. The third-order valence-corrected chi connectivity index (χ3v) is 2.97. The lowest BCUT2D eigenvalue weighted by Gasteiger charge is -2.17. The van der Waals surface area contributed by atoms with E-state index >= 15 is 0 Å². The lowest BCUT2D eigenvalue weighted by Crippen LogP contribution is -2.20. The Morgan fingerprint density at radius 3 is 2.72 bits per heavy atom. The van der Waals surface area contributed by atoms with Crippen molar-refractivity contribution in [2.24, 2.45) is 0 Å². The van der Waals surface area contributed by atoms with Crippen LogP contribution in [0.3, 0.4) is 0 Å². The topological polar surface area (TPSA) is 41.5 Å². The Labute approximate surface area is 110 Å². The van der Waals surface area contributed by atoms with Crippen LogP contribution in [-0.2, 0) is 0 Å². The molecule has 0 aliphatic rings. The van der Waals surface area contributed by atoms with Gasteiger partial charge in [-0.15, -0.1) is 0 Å². The number of hydrogen-bond donors (Lipinski definition) is 2. The largest absolute Gasteiger partial charge is 0.494 e. The van der Waals surface area contributed by atoms with E-state index in [9.17, 15) is 0 Å². The van der Waals surface area contributed by atoms with Crippen molar-refractivity contribution >= 4 is 0 Å².